The third kappa shape index (κ3) is 7.99. The van der Waals surface area contributed by atoms with E-state index in [0.29, 0.717) is 43.2 Å². The van der Waals surface area contributed by atoms with E-state index in [9.17, 15) is 23.2 Å². The van der Waals surface area contributed by atoms with Crippen LogP contribution in [0.1, 0.15) is 103 Å². The van der Waals surface area contributed by atoms with Crippen molar-refractivity contribution in [3.05, 3.63) is 71.5 Å². The standard InChI is InChI=1S/C44H47F2N9O6/c45-41(46)39-36(48-44(58)34-20-47-54-17-14-37(49-42(34)54)53-22-31-19-29(53)24-60-31)23-55(51-39)28-8-6-26(7-9-28)21-52-15-12-30(13-16-52)59-18-2-4-27-3-1-5-32-35(25-61-40(27)32)33-10-11-38(56)50-43(33)57/h1,3,5,14,17,20,23,25-26,28-31,33,41H,6-13,15-16,18-19,21-22,24H2,(H,48,58)(H,50,56,57). The highest BCUT2D eigenvalue weighted by Crippen LogP contribution is 2.37. The predicted octanol–water partition coefficient (Wildman–Crippen LogP) is 5.62. The monoisotopic (exact) mass is 835 g/mol. The highest BCUT2D eigenvalue weighted by molar-refractivity contribution is 6.08. The molecule has 1 saturated carbocycles. The first-order valence-electron chi connectivity index (χ1n) is 21.3. The molecule has 4 aliphatic heterocycles. The van der Waals surface area contributed by atoms with Crippen LogP contribution < -0.4 is 15.5 Å². The van der Waals surface area contributed by atoms with E-state index >= 15 is 0 Å². The Hall–Kier alpha value is -5.70. The average Bonchev–Trinajstić information content (AvgIpc) is 4.12. The number of fused-ring (bicyclic) bond motifs is 4. The van der Waals surface area contributed by atoms with Crippen LogP contribution in [-0.2, 0) is 19.1 Å². The fourth-order valence-corrected chi connectivity index (χ4v) is 9.84. The summed E-state index contributed by atoms with van der Waals surface area (Å²) in [6.45, 7) is 4.54. The summed E-state index contributed by atoms with van der Waals surface area (Å²) in [5.74, 6) is 6.01. The van der Waals surface area contributed by atoms with E-state index < -0.39 is 23.9 Å². The van der Waals surface area contributed by atoms with Crippen LogP contribution in [0.25, 0.3) is 16.6 Å². The molecule has 0 spiro atoms. The molecule has 8 heterocycles. The number of ether oxygens (including phenoxy) is 2. The van der Waals surface area contributed by atoms with Gasteiger partial charge in [0.25, 0.3) is 12.3 Å². The number of hydrogen-bond acceptors (Lipinski definition) is 11. The second-order valence-electron chi connectivity index (χ2n) is 16.9. The zero-order valence-electron chi connectivity index (χ0n) is 33.6. The van der Waals surface area contributed by atoms with Gasteiger partial charge < -0.3 is 29.0 Å². The topological polar surface area (TPSA) is 161 Å². The molecule has 0 radical (unpaired) electrons. The highest BCUT2D eigenvalue weighted by Gasteiger charge is 2.40. The Morgan fingerprint density at radius 1 is 1.07 bits per heavy atom. The van der Waals surface area contributed by atoms with Crippen molar-refractivity contribution in [3.63, 3.8) is 0 Å². The Morgan fingerprint density at radius 2 is 1.92 bits per heavy atom. The van der Waals surface area contributed by atoms with Crippen LogP contribution in [0.2, 0.25) is 0 Å². The lowest BCUT2D eigenvalue weighted by Crippen LogP contribution is -2.40. The summed E-state index contributed by atoms with van der Waals surface area (Å²) in [6, 6.07) is 7.77. The first kappa shape index (κ1) is 39.4. The van der Waals surface area contributed by atoms with E-state index in [4.69, 9.17) is 18.9 Å². The molecule has 3 amide bonds. The zero-order valence-corrected chi connectivity index (χ0v) is 33.6. The van der Waals surface area contributed by atoms with Crippen molar-refractivity contribution < 1.29 is 37.1 Å². The molecule has 1 aliphatic carbocycles. The van der Waals surface area contributed by atoms with Crippen LogP contribution in [0.5, 0.6) is 0 Å². The molecule has 2 N–H and O–H groups in total. The van der Waals surface area contributed by atoms with Crippen molar-refractivity contribution in [2.24, 2.45) is 5.92 Å². The predicted molar refractivity (Wildman–Crippen MR) is 218 cm³/mol. The number of piperidine rings is 2. The Kier molecular flexibility index (Phi) is 10.8. The number of benzene rings is 1. The van der Waals surface area contributed by atoms with Gasteiger partial charge >= 0.3 is 0 Å². The van der Waals surface area contributed by atoms with Gasteiger partial charge in [-0.1, -0.05) is 24.0 Å². The molecule has 1 aromatic carbocycles. The summed E-state index contributed by atoms with van der Waals surface area (Å²) in [5.41, 5.74) is 2.23. The minimum atomic E-state index is -2.85. The van der Waals surface area contributed by atoms with E-state index in [1.165, 1.54) is 10.7 Å². The molecule has 318 valence electrons. The fraction of sp³-hybridized carbons (Fsp3) is 0.500. The van der Waals surface area contributed by atoms with Crippen molar-refractivity contribution >= 4 is 45.8 Å². The molecule has 5 aromatic rings. The third-order valence-electron chi connectivity index (χ3n) is 13.1. The molecule has 10 rings (SSSR count). The minimum Gasteiger partial charge on any atom is -0.463 e. The number of hydrogen-bond donors (Lipinski definition) is 2. The van der Waals surface area contributed by atoms with Crippen LogP contribution in [0.15, 0.2) is 53.5 Å². The van der Waals surface area contributed by atoms with Crippen LogP contribution >= 0.6 is 0 Å². The Bertz CT molecular complexity index is 2530. The van der Waals surface area contributed by atoms with Gasteiger partial charge in [-0.05, 0) is 69.4 Å². The SMILES string of the molecule is O=C1CCC(c2coc3c(C#CCOC4CCN(CC5CCC(n6cc(NC(=O)c7cnn8ccc(N9CC%10CC9CO%10)nc78)c(C(F)F)n6)CC5)CC4)cccc23)C(=O)N1. The van der Waals surface area contributed by atoms with Gasteiger partial charge in [0.2, 0.25) is 11.8 Å². The number of imide groups is 1. The van der Waals surface area contributed by atoms with Crippen molar-refractivity contribution in [1.82, 2.24) is 34.6 Å². The van der Waals surface area contributed by atoms with Crippen molar-refractivity contribution in [2.45, 2.75) is 94.4 Å². The third-order valence-corrected chi connectivity index (χ3v) is 13.1. The van der Waals surface area contributed by atoms with Crippen LogP contribution in [0.4, 0.5) is 20.3 Å². The van der Waals surface area contributed by atoms with Gasteiger partial charge in [0, 0.05) is 55.9 Å². The van der Waals surface area contributed by atoms with Crippen molar-refractivity contribution in [1.29, 1.82) is 0 Å². The van der Waals surface area contributed by atoms with E-state index in [2.05, 4.69) is 42.5 Å². The molecule has 17 heteroatoms. The van der Waals surface area contributed by atoms with Crippen molar-refractivity contribution in [3.8, 4) is 11.8 Å². The van der Waals surface area contributed by atoms with E-state index in [-0.39, 0.29) is 47.4 Å². The summed E-state index contributed by atoms with van der Waals surface area (Å²) in [7, 11) is 0. The van der Waals surface area contributed by atoms with Gasteiger partial charge in [0.15, 0.2) is 11.3 Å². The summed E-state index contributed by atoms with van der Waals surface area (Å²) in [6.07, 6.45) is 10.8. The van der Waals surface area contributed by atoms with Crippen LogP contribution in [0, 0.1) is 17.8 Å². The molecule has 61 heavy (non-hydrogen) atoms. The molecule has 15 nitrogen and oxygen atoms in total. The van der Waals surface area contributed by atoms with Crippen molar-refractivity contribution in [2.75, 3.05) is 49.6 Å². The number of carbonyl (C=O) groups excluding carboxylic acids is 3. The van der Waals surface area contributed by atoms with Gasteiger partial charge in [-0.3, -0.25) is 24.4 Å². The number of nitrogens with zero attached hydrogens (tertiary/aromatic N) is 7. The number of para-hydroxylation sites is 1. The summed E-state index contributed by atoms with van der Waals surface area (Å²) in [5, 5.41) is 14.5. The number of rotatable bonds is 10. The largest absolute Gasteiger partial charge is 0.463 e. The van der Waals surface area contributed by atoms with E-state index in [1.54, 1.807) is 23.3 Å². The number of alkyl halides is 2. The zero-order chi connectivity index (χ0) is 41.6. The highest BCUT2D eigenvalue weighted by atomic mass is 19.3. The molecule has 2 bridgehead atoms. The van der Waals surface area contributed by atoms with Gasteiger partial charge in [-0.25, -0.2) is 18.3 Å². The first-order valence-corrected chi connectivity index (χ1v) is 21.3. The number of carbonyl (C=O) groups is 3. The van der Waals surface area contributed by atoms with Gasteiger partial charge in [-0.15, -0.1) is 0 Å². The Morgan fingerprint density at radius 3 is 2.69 bits per heavy atom. The number of anilines is 2. The average molecular weight is 836 g/mol. The molecule has 3 atom stereocenters. The molecular formula is C44H47F2N9O6. The Labute approximate surface area is 350 Å². The summed E-state index contributed by atoms with van der Waals surface area (Å²) < 4.78 is 49.4. The summed E-state index contributed by atoms with van der Waals surface area (Å²) in [4.78, 5) is 47.0. The maximum atomic E-state index is 14.3. The fourth-order valence-electron chi connectivity index (χ4n) is 9.84. The molecule has 5 aliphatic rings. The van der Waals surface area contributed by atoms with Gasteiger partial charge in [0.05, 0.1) is 60.5 Å². The lowest BCUT2D eigenvalue weighted by Gasteiger charge is -2.36. The maximum absolute atomic E-state index is 14.3. The van der Waals surface area contributed by atoms with E-state index in [1.807, 2.05) is 24.3 Å². The minimum absolute atomic E-state index is 0.00165. The maximum Gasteiger partial charge on any atom is 0.284 e. The molecule has 3 unspecified atom stereocenters. The second kappa shape index (κ2) is 16.6. The van der Waals surface area contributed by atoms with Gasteiger partial charge in [0.1, 0.15) is 23.6 Å². The number of likely N-dealkylation sites (tertiary alicyclic amines) is 1. The quantitative estimate of drug-likeness (QED) is 0.133. The van der Waals surface area contributed by atoms with Crippen LogP contribution in [-0.4, -0.2) is 105 Å². The molecule has 4 saturated heterocycles. The van der Waals surface area contributed by atoms with Gasteiger partial charge in [-0.2, -0.15) is 10.2 Å². The molecular weight excluding hydrogens is 789 g/mol. The smallest absolute Gasteiger partial charge is 0.284 e. The number of morpholine rings is 1. The first-order chi connectivity index (χ1) is 29.7. The second-order valence-corrected chi connectivity index (χ2v) is 16.9. The van der Waals surface area contributed by atoms with Crippen LogP contribution in [0.3, 0.4) is 0 Å². The molecule has 5 fully saturated rings. The Balaban J connectivity index is 0.690. The lowest BCUT2D eigenvalue weighted by molar-refractivity contribution is -0.134. The lowest BCUT2D eigenvalue weighted by atomic mass is 9.85. The molecule has 4 aromatic heterocycles. The van der Waals surface area contributed by atoms with E-state index in [0.717, 1.165) is 93.5 Å². The number of amides is 3. The number of furan rings is 1. The number of nitrogens with one attached hydrogen (secondary N) is 2. The number of halogens is 2. The normalized spacial score (nSPS) is 24.8. The summed E-state index contributed by atoms with van der Waals surface area (Å²) >= 11 is 0. The number of aromatic nitrogens is 5.